The molecule has 1 aromatic heterocycles. The van der Waals surface area contributed by atoms with Gasteiger partial charge in [-0.25, -0.2) is 13.4 Å². The molecule has 2 atom stereocenters. The summed E-state index contributed by atoms with van der Waals surface area (Å²) in [6, 6.07) is 5.52. The molecule has 0 saturated carbocycles. The zero-order valence-corrected chi connectivity index (χ0v) is 18.2. The van der Waals surface area contributed by atoms with E-state index in [4.69, 9.17) is 4.74 Å². The Balaban J connectivity index is 1.51. The van der Waals surface area contributed by atoms with Gasteiger partial charge in [0.1, 0.15) is 11.8 Å². The average Bonchev–Trinajstić information content (AvgIpc) is 3.34. The van der Waals surface area contributed by atoms with Crippen LogP contribution in [-0.2, 0) is 27.7 Å². The molecule has 1 aromatic carbocycles. The number of hydrogen-bond acceptors (Lipinski definition) is 6. The molecule has 2 aliphatic rings. The molecule has 1 N–H and O–H groups in total. The summed E-state index contributed by atoms with van der Waals surface area (Å²) in [5, 5.41) is 3.44. The van der Waals surface area contributed by atoms with Crippen molar-refractivity contribution in [3.05, 3.63) is 34.8 Å². The van der Waals surface area contributed by atoms with Gasteiger partial charge in [-0.1, -0.05) is 6.92 Å². The van der Waals surface area contributed by atoms with Gasteiger partial charge in [0, 0.05) is 11.4 Å². The Labute approximate surface area is 175 Å². The molecule has 2 heterocycles. The van der Waals surface area contributed by atoms with E-state index in [0.717, 1.165) is 25.0 Å². The molecular formula is C20H25N3O4S2. The molecule has 7 nitrogen and oxygen atoms in total. The largest absolute Gasteiger partial charge is 0.497 e. The Kier molecular flexibility index (Phi) is 5.63. The minimum absolute atomic E-state index is 0.164. The summed E-state index contributed by atoms with van der Waals surface area (Å²) in [5.74, 6) is 0.909. The number of nitrogens with one attached hydrogen (secondary N) is 1. The number of ether oxygens (including phenoxy) is 1. The van der Waals surface area contributed by atoms with E-state index in [9.17, 15) is 13.2 Å². The third-order valence-corrected chi connectivity index (χ3v) is 8.55. The monoisotopic (exact) mass is 435 g/mol. The van der Waals surface area contributed by atoms with E-state index in [-0.39, 0.29) is 10.8 Å². The van der Waals surface area contributed by atoms with Crippen LogP contribution < -0.4 is 10.1 Å². The van der Waals surface area contributed by atoms with Gasteiger partial charge in [0.15, 0.2) is 5.13 Å². The fourth-order valence-corrected chi connectivity index (χ4v) is 6.79. The van der Waals surface area contributed by atoms with Gasteiger partial charge in [-0.15, -0.1) is 11.3 Å². The minimum Gasteiger partial charge on any atom is -0.497 e. The van der Waals surface area contributed by atoms with Crippen LogP contribution in [0.2, 0.25) is 0 Å². The van der Waals surface area contributed by atoms with Crippen molar-refractivity contribution < 1.29 is 17.9 Å². The van der Waals surface area contributed by atoms with Crippen LogP contribution in [-0.4, -0.2) is 43.3 Å². The summed E-state index contributed by atoms with van der Waals surface area (Å²) in [4.78, 5) is 18.9. The lowest BCUT2D eigenvalue weighted by molar-refractivity contribution is -0.119. The quantitative estimate of drug-likeness (QED) is 0.780. The number of anilines is 1. The lowest BCUT2D eigenvalue weighted by Gasteiger charge is -2.23. The van der Waals surface area contributed by atoms with Crippen LogP contribution in [0.5, 0.6) is 5.75 Å². The zero-order chi connectivity index (χ0) is 20.6. The van der Waals surface area contributed by atoms with Crippen molar-refractivity contribution in [2.45, 2.75) is 50.0 Å². The van der Waals surface area contributed by atoms with Gasteiger partial charge in [-0.05, 0) is 62.3 Å². The molecule has 29 heavy (non-hydrogen) atoms. The number of benzene rings is 1. The van der Waals surface area contributed by atoms with E-state index in [1.807, 2.05) is 0 Å². The van der Waals surface area contributed by atoms with Crippen molar-refractivity contribution in [1.29, 1.82) is 0 Å². The average molecular weight is 436 g/mol. The second-order valence-electron chi connectivity index (χ2n) is 7.68. The van der Waals surface area contributed by atoms with Gasteiger partial charge in [0.25, 0.3) is 0 Å². The Bertz CT molecular complexity index is 1000. The highest BCUT2D eigenvalue weighted by Gasteiger charge is 2.39. The highest BCUT2D eigenvalue weighted by atomic mass is 32.2. The predicted octanol–water partition coefficient (Wildman–Crippen LogP) is 3.07. The van der Waals surface area contributed by atoms with E-state index in [1.54, 1.807) is 12.1 Å². The van der Waals surface area contributed by atoms with Gasteiger partial charge in [0.05, 0.1) is 17.7 Å². The fraction of sp³-hybridized carbons (Fsp3) is 0.500. The van der Waals surface area contributed by atoms with Crippen LogP contribution >= 0.6 is 11.3 Å². The summed E-state index contributed by atoms with van der Waals surface area (Å²) < 4.78 is 32.6. The number of aryl methyl sites for hydroxylation is 1. The molecule has 1 aliphatic heterocycles. The lowest BCUT2D eigenvalue weighted by atomic mass is 9.93. The second kappa shape index (κ2) is 8.04. The molecule has 2 unspecified atom stereocenters. The summed E-state index contributed by atoms with van der Waals surface area (Å²) in [6.07, 6.45) is 4.19. The number of sulfonamides is 1. The number of aromatic nitrogens is 1. The van der Waals surface area contributed by atoms with Crippen molar-refractivity contribution in [2.75, 3.05) is 19.0 Å². The Morgan fingerprint density at radius 2 is 2.03 bits per heavy atom. The number of thiazole rings is 1. The van der Waals surface area contributed by atoms with Crippen molar-refractivity contribution >= 4 is 32.4 Å². The number of carbonyl (C=O) groups is 1. The van der Waals surface area contributed by atoms with Crippen molar-refractivity contribution in [1.82, 2.24) is 9.29 Å². The third kappa shape index (κ3) is 4.04. The number of methoxy groups -OCH3 is 1. The van der Waals surface area contributed by atoms with Gasteiger partial charge in [0.2, 0.25) is 15.9 Å². The maximum atomic E-state index is 13.1. The molecule has 9 heteroatoms. The molecule has 4 rings (SSSR count). The predicted molar refractivity (Wildman–Crippen MR) is 112 cm³/mol. The minimum atomic E-state index is -3.76. The second-order valence-corrected chi connectivity index (χ2v) is 10.6. The maximum absolute atomic E-state index is 13.1. The first-order valence-corrected chi connectivity index (χ1v) is 12.1. The number of carbonyl (C=O) groups excluding carboxylic acids is 1. The SMILES string of the molecule is COc1ccc(S(=O)(=O)N2CCCC2C(=O)Nc2nc3c(s2)CC(C)CC3)cc1. The number of hydrogen-bond donors (Lipinski definition) is 1. The Hall–Kier alpha value is -1.97. The zero-order valence-electron chi connectivity index (χ0n) is 16.6. The van der Waals surface area contributed by atoms with Gasteiger partial charge >= 0.3 is 0 Å². The fourth-order valence-electron chi connectivity index (χ4n) is 3.95. The normalized spacial score (nSPS) is 22.3. The van der Waals surface area contributed by atoms with Crippen LogP contribution in [0, 0.1) is 5.92 Å². The van der Waals surface area contributed by atoms with E-state index >= 15 is 0 Å². The van der Waals surface area contributed by atoms with Crippen molar-refractivity contribution in [3.8, 4) is 5.75 Å². The smallest absolute Gasteiger partial charge is 0.244 e. The van der Waals surface area contributed by atoms with Gasteiger partial charge < -0.3 is 10.1 Å². The van der Waals surface area contributed by atoms with E-state index in [0.29, 0.717) is 36.2 Å². The molecule has 0 spiro atoms. The van der Waals surface area contributed by atoms with Crippen LogP contribution in [0.1, 0.15) is 36.8 Å². The Morgan fingerprint density at radius 3 is 2.76 bits per heavy atom. The van der Waals surface area contributed by atoms with Crippen LogP contribution in [0.25, 0.3) is 0 Å². The topological polar surface area (TPSA) is 88.6 Å². The van der Waals surface area contributed by atoms with E-state index < -0.39 is 16.1 Å². The number of fused-ring (bicyclic) bond motifs is 1. The Morgan fingerprint density at radius 1 is 1.28 bits per heavy atom. The highest BCUT2D eigenvalue weighted by Crippen LogP contribution is 2.33. The van der Waals surface area contributed by atoms with Gasteiger partial charge in [-0.2, -0.15) is 4.31 Å². The molecule has 1 fully saturated rings. The van der Waals surface area contributed by atoms with Gasteiger partial charge in [-0.3, -0.25) is 4.79 Å². The molecule has 0 bridgehead atoms. The third-order valence-electron chi connectivity index (χ3n) is 5.59. The first-order valence-electron chi connectivity index (χ1n) is 9.84. The summed E-state index contributed by atoms with van der Waals surface area (Å²) in [5.41, 5.74) is 1.07. The van der Waals surface area contributed by atoms with E-state index in [2.05, 4.69) is 17.2 Å². The standard InChI is InChI=1S/C20H25N3O4S2/c1-13-5-10-16-18(12-13)28-20(21-16)22-19(24)17-4-3-11-23(17)29(25,26)15-8-6-14(27-2)7-9-15/h6-9,13,17H,3-5,10-12H2,1-2H3,(H,21,22,24). The van der Waals surface area contributed by atoms with Crippen LogP contribution in [0.3, 0.4) is 0 Å². The molecule has 0 radical (unpaired) electrons. The first kappa shape index (κ1) is 20.3. The van der Waals surface area contributed by atoms with Crippen molar-refractivity contribution in [2.24, 2.45) is 5.92 Å². The summed E-state index contributed by atoms with van der Waals surface area (Å²) in [6.45, 7) is 2.56. The van der Waals surface area contributed by atoms with Crippen LogP contribution in [0.15, 0.2) is 29.2 Å². The number of nitrogens with zero attached hydrogens (tertiary/aromatic N) is 2. The maximum Gasteiger partial charge on any atom is 0.244 e. The number of amides is 1. The highest BCUT2D eigenvalue weighted by molar-refractivity contribution is 7.89. The first-order chi connectivity index (χ1) is 13.9. The van der Waals surface area contributed by atoms with E-state index in [1.165, 1.54) is 39.8 Å². The van der Waals surface area contributed by atoms with Crippen molar-refractivity contribution in [3.63, 3.8) is 0 Å². The van der Waals surface area contributed by atoms with Crippen LogP contribution in [0.4, 0.5) is 5.13 Å². The lowest BCUT2D eigenvalue weighted by Crippen LogP contribution is -2.43. The summed E-state index contributed by atoms with van der Waals surface area (Å²) in [7, 11) is -2.23. The molecule has 1 saturated heterocycles. The molecule has 1 amide bonds. The number of rotatable bonds is 5. The summed E-state index contributed by atoms with van der Waals surface area (Å²) >= 11 is 1.51. The molecule has 2 aromatic rings. The molecular weight excluding hydrogens is 410 g/mol. The molecule has 1 aliphatic carbocycles. The molecule has 156 valence electrons.